The molecule has 0 atom stereocenters. The van der Waals surface area contributed by atoms with Crippen LogP contribution in [0.1, 0.15) is 5.69 Å². The maximum absolute atomic E-state index is 5.42. The smallest absolute Gasteiger partial charge is 0.145 e. The van der Waals surface area contributed by atoms with E-state index in [-0.39, 0.29) is 0 Å². The normalized spacial score (nSPS) is 15.9. The van der Waals surface area contributed by atoms with Gasteiger partial charge in [0, 0.05) is 42.9 Å². The lowest BCUT2D eigenvalue weighted by Crippen LogP contribution is -2.39. The number of nitrogens with zero attached hydrogens (tertiary/aromatic N) is 2. The molecular weight excluding hydrogens is 278 g/mol. The van der Waals surface area contributed by atoms with Crippen molar-refractivity contribution in [1.82, 2.24) is 9.88 Å². The monoisotopic (exact) mass is 301 g/mol. The van der Waals surface area contributed by atoms with E-state index in [0.717, 1.165) is 67.4 Å². The topological polar surface area (TPSA) is 46.6 Å². The van der Waals surface area contributed by atoms with E-state index in [0.29, 0.717) is 0 Å². The summed E-state index contributed by atoms with van der Waals surface area (Å²) in [4.78, 5) is 7.04. The zero-order chi connectivity index (χ0) is 15.4. The summed E-state index contributed by atoms with van der Waals surface area (Å²) in [5.74, 6) is 0.817. The van der Waals surface area contributed by atoms with Gasteiger partial charge in [-0.05, 0) is 19.1 Å². The maximum atomic E-state index is 5.42. The fourth-order valence-electron chi connectivity index (χ4n) is 2.83. The number of methoxy groups -OCH3 is 1. The van der Waals surface area contributed by atoms with E-state index in [2.05, 4.69) is 27.3 Å². The van der Waals surface area contributed by atoms with Crippen LogP contribution in [0, 0.1) is 6.92 Å². The fraction of sp³-hybridized carbons (Fsp3) is 0.471. The quantitative estimate of drug-likeness (QED) is 0.918. The molecule has 0 radical (unpaired) electrons. The Morgan fingerprint density at radius 1 is 1.32 bits per heavy atom. The Hall–Kier alpha value is -1.85. The van der Waals surface area contributed by atoms with Crippen molar-refractivity contribution in [2.24, 2.45) is 0 Å². The zero-order valence-electron chi connectivity index (χ0n) is 13.3. The number of benzene rings is 1. The predicted molar refractivity (Wildman–Crippen MR) is 88.8 cm³/mol. The Morgan fingerprint density at radius 2 is 2.14 bits per heavy atom. The lowest BCUT2D eigenvalue weighted by molar-refractivity contribution is 0.0398. The highest BCUT2D eigenvalue weighted by molar-refractivity contribution is 5.95. The van der Waals surface area contributed by atoms with E-state index < -0.39 is 0 Å². The number of anilines is 1. The summed E-state index contributed by atoms with van der Waals surface area (Å²) in [6.45, 7) is 7.67. The van der Waals surface area contributed by atoms with Crippen LogP contribution in [0.4, 0.5) is 5.69 Å². The van der Waals surface area contributed by atoms with Crippen molar-refractivity contribution in [2.45, 2.75) is 6.92 Å². The molecule has 1 fully saturated rings. The first-order chi connectivity index (χ1) is 10.8. The number of pyridine rings is 1. The van der Waals surface area contributed by atoms with Gasteiger partial charge < -0.3 is 14.8 Å². The third kappa shape index (κ3) is 3.31. The van der Waals surface area contributed by atoms with Crippen molar-refractivity contribution in [3.8, 4) is 5.75 Å². The lowest BCUT2D eigenvalue weighted by Gasteiger charge is -2.26. The molecule has 1 aromatic carbocycles. The second-order valence-electron chi connectivity index (χ2n) is 5.55. The first-order valence-electron chi connectivity index (χ1n) is 7.76. The molecule has 0 unspecified atom stereocenters. The lowest BCUT2D eigenvalue weighted by atomic mass is 10.1. The van der Waals surface area contributed by atoms with Gasteiger partial charge in [0.05, 0.1) is 20.3 Å². The number of nitrogens with one attached hydrogen (secondary N) is 1. The Labute approximate surface area is 131 Å². The number of hydrogen-bond donors (Lipinski definition) is 1. The number of fused-ring (bicyclic) bond motifs is 1. The van der Waals surface area contributed by atoms with E-state index in [1.165, 1.54) is 0 Å². The van der Waals surface area contributed by atoms with Gasteiger partial charge in [-0.2, -0.15) is 0 Å². The second kappa shape index (κ2) is 6.94. The minimum Gasteiger partial charge on any atom is -0.494 e. The molecule has 22 heavy (non-hydrogen) atoms. The molecule has 1 aromatic heterocycles. The summed E-state index contributed by atoms with van der Waals surface area (Å²) in [5, 5.41) is 4.65. The van der Waals surface area contributed by atoms with Crippen molar-refractivity contribution in [1.29, 1.82) is 0 Å². The zero-order valence-corrected chi connectivity index (χ0v) is 13.3. The highest BCUT2D eigenvalue weighted by Crippen LogP contribution is 2.29. The van der Waals surface area contributed by atoms with Crippen molar-refractivity contribution in [2.75, 3.05) is 51.8 Å². The number of ether oxygens (including phenoxy) is 2. The Bertz CT molecular complexity index is 639. The standard InChI is InChI=1S/C17H23N3O2/c1-13-12-15(18-6-7-20-8-10-22-11-9-20)14-4-3-5-16(21-2)17(14)19-13/h3-5,12H,6-11H2,1-2H3,(H,18,19). The summed E-state index contributed by atoms with van der Waals surface area (Å²) >= 11 is 0. The van der Waals surface area contributed by atoms with E-state index >= 15 is 0 Å². The van der Waals surface area contributed by atoms with Crippen molar-refractivity contribution < 1.29 is 9.47 Å². The van der Waals surface area contributed by atoms with Crippen LogP contribution in [-0.2, 0) is 4.74 Å². The van der Waals surface area contributed by atoms with E-state index in [1.54, 1.807) is 7.11 Å². The molecular formula is C17H23N3O2. The van der Waals surface area contributed by atoms with Crippen LogP contribution in [-0.4, -0.2) is 56.4 Å². The predicted octanol–water partition coefficient (Wildman–Crippen LogP) is 2.30. The summed E-state index contributed by atoms with van der Waals surface area (Å²) in [7, 11) is 1.68. The molecule has 0 bridgehead atoms. The Kier molecular flexibility index (Phi) is 4.75. The maximum Gasteiger partial charge on any atom is 0.145 e. The molecule has 118 valence electrons. The van der Waals surface area contributed by atoms with E-state index in [4.69, 9.17) is 9.47 Å². The van der Waals surface area contributed by atoms with E-state index in [1.807, 2.05) is 19.1 Å². The van der Waals surface area contributed by atoms with Gasteiger partial charge in [0.2, 0.25) is 0 Å². The average Bonchev–Trinajstić information content (AvgIpc) is 2.55. The average molecular weight is 301 g/mol. The number of morpholine rings is 1. The van der Waals surface area contributed by atoms with Crippen molar-refractivity contribution in [3.05, 3.63) is 30.0 Å². The van der Waals surface area contributed by atoms with Crippen molar-refractivity contribution in [3.63, 3.8) is 0 Å². The van der Waals surface area contributed by atoms with Crippen LogP contribution in [0.3, 0.4) is 0 Å². The van der Waals surface area contributed by atoms with Gasteiger partial charge >= 0.3 is 0 Å². The minimum atomic E-state index is 0.817. The van der Waals surface area contributed by atoms with Gasteiger partial charge in [0.25, 0.3) is 0 Å². The first kappa shape index (κ1) is 15.1. The third-order valence-corrected chi connectivity index (χ3v) is 4.00. The minimum absolute atomic E-state index is 0.817. The molecule has 1 aliphatic rings. The molecule has 0 spiro atoms. The molecule has 0 amide bonds. The van der Waals surface area contributed by atoms with Crippen LogP contribution >= 0.6 is 0 Å². The highest BCUT2D eigenvalue weighted by atomic mass is 16.5. The molecule has 1 aliphatic heterocycles. The molecule has 2 heterocycles. The summed E-state index contributed by atoms with van der Waals surface area (Å²) in [6, 6.07) is 8.14. The van der Waals surface area contributed by atoms with Crippen LogP contribution in [0.25, 0.3) is 10.9 Å². The first-order valence-corrected chi connectivity index (χ1v) is 7.76. The van der Waals surface area contributed by atoms with Crippen LogP contribution in [0.2, 0.25) is 0 Å². The molecule has 1 N–H and O–H groups in total. The largest absolute Gasteiger partial charge is 0.494 e. The molecule has 5 nitrogen and oxygen atoms in total. The molecule has 0 saturated carbocycles. The van der Waals surface area contributed by atoms with Crippen LogP contribution in [0.5, 0.6) is 5.75 Å². The highest BCUT2D eigenvalue weighted by Gasteiger charge is 2.11. The summed E-state index contributed by atoms with van der Waals surface area (Å²) < 4.78 is 10.8. The van der Waals surface area contributed by atoms with Gasteiger partial charge in [-0.15, -0.1) is 0 Å². The van der Waals surface area contributed by atoms with Crippen LogP contribution < -0.4 is 10.1 Å². The number of para-hydroxylation sites is 1. The number of rotatable bonds is 5. The molecule has 2 aromatic rings. The third-order valence-electron chi connectivity index (χ3n) is 4.00. The Balaban J connectivity index is 1.75. The Morgan fingerprint density at radius 3 is 2.91 bits per heavy atom. The fourth-order valence-corrected chi connectivity index (χ4v) is 2.83. The molecule has 0 aliphatic carbocycles. The number of hydrogen-bond acceptors (Lipinski definition) is 5. The van der Waals surface area contributed by atoms with Crippen LogP contribution in [0.15, 0.2) is 24.3 Å². The van der Waals surface area contributed by atoms with Gasteiger partial charge in [-0.25, -0.2) is 4.98 Å². The van der Waals surface area contributed by atoms with Crippen molar-refractivity contribution >= 4 is 16.6 Å². The summed E-state index contributed by atoms with van der Waals surface area (Å²) in [6.07, 6.45) is 0. The van der Waals surface area contributed by atoms with Gasteiger partial charge in [0.15, 0.2) is 0 Å². The van der Waals surface area contributed by atoms with Gasteiger partial charge in [0.1, 0.15) is 11.3 Å². The van der Waals surface area contributed by atoms with Gasteiger partial charge in [-0.1, -0.05) is 12.1 Å². The van der Waals surface area contributed by atoms with E-state index in [9.17, 15) is 0 Å². The summed E-state index contributed by atoms with van der Waals surface area (Å²) in [5.41, 5.74) is 3.03. The SMILES string of the molecule is COc1cccc2c(NCCN3CCOCC3)cc(C)nc12. The molecule has 3 rings (SSSR count). The number of aromatic nitrogens is 1. The molecule has 1 saturated heterocycles. The molecule has 5 heteroatoms. The second-order valence-corrected chi connectivity index (χ2v) is 5.55. The van der Waals surface area contributed by atoms with Gasteiger partial charge in [-0.3, -0.25) is 4.90 Å². The number of aryl methyl sites for hydroxylation is 1.